The van der Waals surface area contributed by atoms with Gasteiger partial charge in [0.05, 0.1) is 41.2 Å². The zero-order valence-electron chi connectivity index (χ0n) is 19.1. The molecular formula is C25H25BrN3O4S+. The van der Waals surface area contributed by atoms with Gasteiger partial charge < -0.3 is 25.0 Å². The van der Waals surface area contributed by atoms with Crippen LogP contribution in [0.1, 0.15) is 48.4 Å². The second kappa shape index (κ2) is 9.05. The largest absolute Gasteiger partial charge is 0.493 e. The summed E-state index contributed by atoms with van der Waals surface area (Å²) < 4.78 is 11.8. The summed E-state index contributed by atoms with van der Waals surface area (Å²) >= 11 is 5.18. The molecule has 3 heterocycles. The molecule has 5 rings (SSSR count). The molecule has 0 saturated heterocycles. The summed E-state index contributed by atoms with van der Waals surface area (Å²) in [5, 5.41) is 7.45. The van der Waals surface area contributed by atoms with Gasteiger partial charge in [-0.15, -0.1) is 11.3 Å². The maximum Gasteiger partial charge on any atom is 0.343 e. The zero-order valence-corrected chi connectivity index (χ0v) is 21.5. The number of nitrogens with one attached hydrogen (secondary N) is 3. The van der Waals surface area contributed by atoms with Crippen LogP contribution in [0.4, 0.5) is 5.00 Å². The van der Waals surface area contributed by atoms with Crippen molar-refractivity contribution in [2.24, 2.45) is 0 Å². The summed E-state index contributed by atoms with van der Waals surface area (Å²) in [6, 6.07) is 10.8. The van der Waals surface area contributed by atoms with Crippen molar-refractivity contribution >= 4 is 44.1 Å². The van der Waals surface area contributed by atoms with Crippen molar-refractivity contribution in [3.63, 3.8) is 0 Å². The molecule has 2 aliphatic heterocycles. The van der Waals surface area contributed by atoms with E-state index in [0.29, 0.717) is 15.8 Å². The van der Waals surface area contributed by atoms with Gasteiger partial charge >= 0.3 is 5.97 Å². The van der Waals surface area contributed by atoms with Crippen LogP contribution in [-0.2, 0) is 13.0 Å². The number of ether oxygens (including phenoxy) is 2. The van der Waals surface area contributed by atoms with Crippen molar-refractivity contribution in [1.82, 2.24) is 5.32 Å². The molecule has 3 N–H and O–H groups in total. The molecule has 176 valence electrons. The smallest absolute Gasteiger partial charge is 0.343 e. The third-order valence-electron chi connectivity index (χ3n) is 6.20. The third-order valence-corrected chi connectivity index (χ3v) is 7.95. The van der Waals surface area contributed by atoms with E-state index in [9.17, 15) is 9.59 Å². The van der Waals surface area contributed by atoms with Crippen LogP contribution in [-0.4, -0.2) is 32.6 Å². The highest BCUT2D eigenvalue weighted by molar-refractivity contribution is 9.10. The van der Waals surface area contributed by atoms with Gasteiger partial charge in [0.1, 0.15) is 17.7 Å². The van der Waals surface area contributed by atoms with Crippen molar-refractivity contribution in [3.8, 4) is 11.5 Å². The summed E-state index contributed by atoms with van der Waals surface area (Å²) in [5.74, 6) is 0.136. The Bertz CT molecular complexity index is 1290. The first kappa shape index (κ1) is 22.9. The van der Waals surface area contributed by atoms with Crippen molar-refractivity contribution in [2.45, 2.75) is 26.1 Å². The Morgan fingerprint density at radius 2 is 1.97 bits per heavy atom. The molecule has 1 aromatic heterocycles. The van der Waals surface area contributed by atoms with Crippen LogP contribution in [0.3, 0.4) is 0 Å². The van der Waals surface area contributed by atoms with Gasteiger partial charge in [-0.3, -0.25) is 4.79 Å². The number of hydrogen-bond acceptors (Lipinski definition) is 6. The van der Waals surface area contributed by atoms with Crippen LogP contribution in [0.2, 0.25) is 0 Å². The van der Waals surface area contributed by atoms with E-state index in [0.717, 1.165) is 41.2 Å². The molecule has 1 unspecified atom stereocenters. The minimum atomic E-state index is -0.475. The summed E-state index contributed by atoms with van der Waals surface area (Å²) in [7, 11) is 3.70. The molecule has 2 aromatic carbocycles. The maximum atomic E-state index is 13.1. The number of rotatable bonds is 4. The minimum Gasteiger partial charge on any atom is -0.493 e. The normalized spacial score (nSPS) is 18.9. The highest BCUT2D eigenvalue weighted by atomic mass is 79.9. The SMILES string of the molecule is COc1cc([C@@H]2NC(=O)c3c(sc4c3CC[NH+](C)C4)N2)cc(Br)c1OC(=O)c1ccc(C)cc1. The number of likely N-dealkylation sites (N-methyl/N-ethyl adjacent to an activating group) is 1. The van der Waals surface area contributed by atoms with E-state index in [2.05, 4.69) is 33.6 Å². The molecule has 0 fully saturated rings. The molecule has 9 heteroatoms. The average Bonchev–Trinajstić information content (AvgIpc) is 3.18. The van der Waals surface area contributed by atoms with Crippen molar-refractivity contribution < 1.29 is 24.0 Å². The third kappa shape index (κ3) is 4.19. The predicted octanol–water partition coefficient (Wildman–Crippen LogP) is 3.47. The number of anilines is 1. The molecule has 0 bridgehead atoms. The maximum absolute atomic E-state index is 13.1. The molecule has 7 nitrogen and oxygen atoms in total. The fourth-order valence-electron chi connectivity index (χ4n) is 4.35. The summed E-state index contributed by atoms with van der Waals surface area (Å²) in [6.45, 7) is 3.92. The lowest BCUT2D eigenvalue weighted by atomic mass is 10.0. The van der Waals surface area contributed by atoms with Crippen LogP contribution in [0.25, 0.3) is 0 Å². The van der Waals surface area contributed by atoms with Gasteiger partial charge in [-0.1, -0.05) is 17.7 Å². The van der Waals surface area contributed by atoms with E-state index in [1.807, 2.05) is 25.1 Å². The molecule has 2 atom stereocenters. The molecular weight excluding hydrogens is 518 g/mol. The number of hydrogen-bond donors (Lipinski definition) is 3. The quantitative estimate of drug-likeness (QED) is 0.347. The molecule has 0 spiro atoms. The number of halogens is 1. The highest BCUT2D eigenvalue weighted by Crippen LogP contribution is 2.42. The molecule has 1 amide bonds. The molecule has 3 aromatic rings. The first-order chi connectivity index (χ1) is 16.3. The monoisotopic (exact) mass is 542 g/mol. The fraction of sp³-hybridized carbons (Fsp3) is 0.280. The molecule has 2 aliphatic rings. The first-order valence-corrected chi connectivity index (χ1v) is 12.6. The number of thiophene rings is 1. The number of aryl methyl sites for hydroxylation is 1. The van der Waals surface area contributed by atoms with Gasteiger partial charge in [-0.05, 0) is 58.2 Å². The van der Waals surface area contributed by atoms with E-state index in [1.54, 1.807) is 29.5 Å². The van der Waals surface area contributed by atoms with Crippen molar-refractivity contribution in [3.05, 3.63) is 73.6 Å². The Hall–Kier alpha value is -2.88. The number of carbonyl (C=O) groups is 2. The van der Waals surface area contributed by atoms with E-state index in [4.69, 9.17) is 9.47 Å². The predicted molar refractivity (Wildman–Crippen MR) is 134 cm³/mol. The van der Waals surface area contributed by atoms with Gasteiger partial charge in [-0.25, -0.2) is 4.79 Å². The minimum absolute atomic E-state index is 0.0687. The first-order valence-electron chi connectivity index (χ1n) is 11.0. The van der Waals surface area contributed by atoms with Gasteiger partial charge in [0, 0.05) is 6.42 Å². The van der Waals surface area contributed by atoms with Gasteiger partial charge in [0.15, 0.2) is 11.5 Å². The summed E-state index contributed by atoms with van der Waals surface area (Å²) in [5.41, 5.74) is 4.24. The lowest BCUT2D eigenvalue weighted by Crippen LogP contribution is -3.08. The van der Waals surface area contributed by atoms with Crippen LogP contribution in [0.15, 0.2) is 40.9 Å². The van der Waals surface area contributed by atoms with E-state index < -0.39 is 12.1 Å². The number of benzene rings is 2. The zero-order chi connectivity index (χ0) is 24.0. The molecule has 34 heavy (non-hydrogen) atoms. The molecule has 0 aliphatic carbocycles. The van der Waals surface area contributed by atoms with Crippen LogP contribution in [0.5, 0.6) is 11.5 Å². The number of quaternary nitrogens is 1. The number of esters is 1. The van der Waals surface area contributed by atoms with E-state index in [-0.39, 0.29) is 11.7 Å². The van der Waals surface area contributed by atoms with Crippen LogP contribution >= 0.6 is 27.3 Å². The van der Waals surface area contributed by atoms with Gasteiger partial charge in [0.25, 0.3) is 5.91 Å². The Balaban J connectivity index is 1.42. The standard InChI is InChI=1S/C25H24BrN3O4S/c1-13-4-6-14(7-5-13)25(31)33-21-17(26)10-15(11-18(21)32-3)22-27-23(30)20-16-8-9-29(2)12-19(16)34-24(20)28-22/h4-7,10-11,22,28H,8-9,12H2,1-3H3,(H,27,30)/p+1/t22-/m1/s1. The summed E-state index contributed by atoms with van der Waals surface area (Å²) in [4.78, 5) is 28.4. The topological polar surface area (TPSA) is 81.1 Å². The second-order valence-electron chi connectivity index (χ2n) is 8.68. The Morgan fingerprint density at radius 3 is 2.71 bits per heavy atom. The number of carbonyl (C=O) groups excluding carboxylic acids is 2. The Kier molecular flexibility index (Phi) is 6.09. The lowest BCUT2D eigenvalue weighted by molar-refractivity contribution is -0.895. The number of amides is 1. The summed E-state index contributed by atoms with van der Waals surface area (Å²) in [6.07, 6.45) is 0.477. The Labute approximate surface area is 210 Å². The number of fused-ring (bicyclic) bond motifs is 3. The van der Waals surface area contributed by atoms with Gasteiger partial charge in [-0.2, -0.15) is 0 Å². The highest BCUT2D eigenvalue weighted by Gasteiger charge is 2.34. The second-order valence-corrected chi connectivity index (χ2v) is 10.6. The Morgan fingerprint density at radius 1 is 1.21 bits per heavy atom. The van der Waals surface area contributed by atoms with Crippen molar-refractivity contribution in [2.75, 3.05) is 26.0 Å². The average molecular weight is 543 g/mol. The van der Waals surface area contributed by atoms with Crippen LogP contribution in [0, 0.1) is 6.92 Å². The molecule has 0 saturated carbocycles. The van der Waals surface area contributed by atoms with Crippen molar-refractivity contribution in [1.29, 1.82) is 0 Å². The number of methoxy groups -OCH3 is 1. The van der Waals surface area contributed by atoms with E-state index >= 15 is 0 Å². The van der Waals surface area contributed by atoms with E-state index in [1.165, 1.54) is 22.5 Å². The fourth-order valence-corrected chi connectivity index (χ4v) is 6.27. The van der Waals surface area contributed by atoms with Gasteiger partial charge in [0.2, 0.25) is 0 Å². The van der Waals surface area contributed by atoms with Crippen LogP contribution < -0.4 is 25.0 Å². The molecule has 0 radical (unpaired) electrons. The lowest BCUT2D eigenvalue weighted by Gasteiger charge is -2.27.